The van der Waals surface area contributed by atoms with E-state index in [0.29, 0.717) is 11.4 Å². The third-order valence-corrected chi connectivity index (χ3v) is 6.05. The molecule has 0 amide bonds. The fourth-order valence-corrected chi connectivity index (χ4v) is 4.82. The lowest BCUT2D eigenvalue weighted by Crippen LogP contribution is -2.25. The minimum atomic E-state index is -0.265. The molecule has 3 aliphatic rings. The number of ketones is 2. The number of fused-ring (bicyclic) bond motifs is 2. The molecule has 0 spiro atoms. The van der Waals surface area contributed by atoms with Gasteiger partial charge in [-0.3, -0.25) is 9.59 Å². The Morgan fingerprint density at radius 3 is 2.35 bits per heavy atom. The monoisotopic (exact) mass is 360 g/mol. The molecule has 128 valence electrons. The maximum atomic E-state index is 13.2. The fraction of sp³-hybridized carbons (Fsp3) is 0.217. The Kier molecular flexibility index (Phi) is 3.51. The summed E-state index contributed by atoms with van der Waals surface area (Å²) in [7, 11) is 0. The Hall–Kier alpha value is -2.45. The third kappa shape index (κ3) is 2.18. The topological polar surface area (TPSA) is 34.1 Å². The van der Waals surface area contributed by atoms with Gasteiger partial charge in [-0.1, -0.05) is 53.6 Å². The molecule has 1 atom stereocenters. The van der Waals surface area contributed by atoms with E-state index in [-0.39, 0.29) is 17.5 Å². The van der Waals surface area contributed by atoms with Crippen LogP contribution in [0.5, 0.6) is 0 Å². The third-order valence-electron chi connectivity index (χ3n) is 5.80. The van der Waals surface area contributed by atoms with Crippen molar-refractivity contribution in [3.05, 3.63) is 87.0 Å². The fourth-order valence-electron chi connectivity index (χ4n) is 4.69. The highest BCUT2D eigenvalue weighted by molar-refractivity contribution is 6.30. The van der Waals surface area contributed by atoms with Gasteiger partial charge >= 0.3 is 0 Å². The zero-order valence-electron chi connectivity index (χ0n) is 14.2. The largest absolute Gasteiger partial charge is 0.295 e. The zero-order valence-corrected chi connectivity index (χ0v) is 15.0. The molecule has 0 saturated heterocycles. The first-order chi connectivity index (χ1) is 12.6. The molecular formula is C23H17ClO2. The number of rotatable bonds is 1. The highest BCUT2D eigenvalue weighted by atomic mass is 35.5. The number of allylic oxidation sites excluding steroid dienone is 4. The van der Waals surface area contributed by atoms with Crippen molar-refractivity contribution in [2.75, 3.05) is 0 Å². The first-order valence-corrected chi connectivity index (χ1v) is 9.40. The standard InChI is InChI=1S/C23H17ClO2/c24-15-10-8-13(9-11-15)21-20-14(4-3-7-19(20)25)12-18-16-5-1-2-6-17(16)23(26)22(18)21/h1-2,5-6,8-11,21H,3-4,7,12H2. The van der Waals surface area contributed by atoms with Crippen LogP contribution in [0.4, 0.5) is 0 Å². The average molecular weight is 361 g/mol. The Bertz CT molecular complexity index is 1020. The van der Waals surface area contributed by atoms with Crippen molar-refractivity contribution in [1.82, 2.24) is 0 Å². The Morgan fingerprint density at radius 2 is 1.58 bits per heavy atom. The molecule has 26 heavy (non-hydrogen) atoms. The van der Waals surface area contributed by atoms with Crippen LogP contribution in [0.3, 0.4) is 0 Å². The van der Waals surface area contributed by atoms with Crippen LogP contribution in [0, 0.1) is 0 Å². The van der Waals surface area contributed by atoms with Crippen molar-refractivity contribution in [3.63, 3.8) is 0 Å². The molecule has 0 heterocycles. The van der Waals surface area contributed by atoms with Gasteiger partial charge < -0.3 is 0 Å². The normalized spacial score (nSPS) is 21.7. The van der Waals surface area contributed by atoms with E-state index in [2.05, 4.69) is 0 Å². The number of halogens is 1. The molecule has 2 aromatic carbocycles. The Balaban J connectivity index is 1.75. The number of hydrogen-bond donors (Lipinski definition) is 0. The summed E-state index contributed by atoms with van der Waals surface area (Å²) >= 11 is 6.07. The van der Waals surface area contributed by atoms with Crippen molar-refractivity contribution in [1.29, 1.82) is 0 Å². The highest BCUT2D eigenvalue weighted by Gasteiger charge is 2.43. The number of carbonyl (C=O) groups is 2. The second kappa shape index (κ2) is 5.78. The van der Waals surface area contributed by atoms with Gasteiger partial charge in [0.15, 0.2) is 11.6 Å². The first kappa shape index (κ1) is 15.8. The quantitative estimate of drug-likeness (QED) is 0.670. The van der Waals surface area contributed by atoms with Gasteiger partial charge in [0, 0.05) is 34.1 Å². The summed E-state index contributed by atoms with van der Waals surface area (Å²) in [5.41, 5.74) is 6.76. The predicted molar refractivity (Wildman–Crippen MR) is 102 cm³/mol. The van der Waals surface area contributed by atoms with Crippen molar-refractivity contribution in [2.45, 2.75) is 31.6 Å². The predicted octanol–water partition coefficient (Wildman–Crippen LogP) is 5.53. The van der Waals surface area contributed by atoms with Crippen LogP contribution in [0.1, 0.15) is 53.1 Å². The molecule has 0 saturated carbocycles. The lowest BCUT2D eigenvalue weighted by Gasteiger charge is -2.32. The van der Waals surface area contributed by atoms with Gasteiger partial charge in [0.05, 0.1) is 0 Å². The number of benzene rings is 2. The summed E-state index contributed by atoms with van der Waals surface area (Å²) in [6.45, 7) is 0. The SMILES string of the molecule is O=C1CCCC2=C1C(c1ccc(Cl)cc1)C1=C(C2)c2ccccc2C1=O. The summed E-state index contributed by atoms with van der Waals surface area (Å²) in [6.07, 6.45) is 3.15. The molecule has 5 rings (SSSR count). The first-order valence-electron chi connectivity index (χ1n) is 9.03. The van der Waals surface area contributed by atoms with Gasteiger partial charge in [-0.25, -0.2) is 0 Å². The van der Waals surface area contributed by atoms with Crippen LogP contribution in [-0.4, -0.2) is 11.6 Å². The summed E-state index contributed by atoms with van der Waals surface area (Å²) < 4.78 is 0. The van der Waals surface area contributed by atoms with Crippen LogP contribution in [-0.2, 0) is 4.79 Å². The van der Waals surface area contributed by atoms with Gasteiger partial charge in [0.1, 0.15) is 0 Å². The summed E-state index contributed by atoms with van der Waals surface area (Å²) in [4.78, 5) is 26.1. The maximum absolute atomic E-state index is 13.2. The van der Waals surface area contributed by atoms with Gasteiger partial charge in [-0.2, -0.15) is 0 Å². The lowest BCUT2D eigenvalue weighted by atomic mass is 9.69. The molecule has 3 aliphatic carbocycles. The van der Waals surface area contributed by atoms with Crippen molar-refractivity contribution >= 4 is 28.7 Å². The minimum Gasteiger partial charge on any atom is -0.295 e. The van der Waals surface area contributed by atoms with E-state index in [1.165, 1.54) is 5.57 Å². The molecular weight excluding hydrogens is 344 g/mol. The summed E-state index contributed by atoms with van der Waals surface area (Å²) in [5, 5.41) is 0.656. The Labute approximate surface area is 157 Å². The van der Waals surface area contributed by atoms with Crippen LogP contribution in [0.15, 0.2) is 65.3 Å². The summed E-state index contributed by atoms with van der Waals surface area (Å²) in [5.74, 6) is 0.000645. The van der Waals surface area contributed by atoms with E-state index in [0.717, 1.165) is 52.7 Å². The number of Topliss-reactive ketones (excluding diaryl/α,β-unsaturated/α-hetero) is 2. The Morgan fingerprint density at radius 1 is 0.846 bits per heavy atom. The molecule has 0 aromatic heterocycles. The smallest absolute Gasteiger partial charge is 0.190 e. The van der Waals surface area contributed by atoms with Crippen molar-refractivity contribution < 1.29 is 9.59 Å². The van der Waals surface area contributed by atoms with Gasteiger partial charge in [0.2, 0.25) is 0 Å². The minimum absolute atomic E-state index is 0.0699. The van der Waals surface area contributed by atoms with Gasteiger partial charge in [-0.15, -0.1) is 0 Å². The molecule has 3 heteroatoms. The van der Waals surface area contributed by atoms with Crippen molar-refractivity contribution in [3.8, 4) is 0 Å². The zero-order chi connectivity index (χ0) is 17.8. The summed E-state index contributed by atoms with van der Waals surface area (Å²) in [6, 6.07) is 15.4. The number of carbonyl (C=O) groups excluding carboxylic acids is 2. The van der Waals surface area contributed by atoms with E-state index < -0.39 is 0 Å². The van der Waals surface area contributed by atoms with E-state index in [1.807, 2.05) is 48.5 Å². The van der Waals surface area contributed by atoms with Gasteiger partial charge in [-0.05, 0) is 48.1 Å². The lowest BCUT2D eigenvalue weighted by molar-refractivity contribution is -0.116. The molecule has 0 fully saturated rings. The second-order valence-corrected chi connectivity index (χ2v) is 7.66. The molecule has 2 nitrogen and oxygen atoms in total. The molecule has 0 N–H and O–H groups in total. The average Bonchev–Trinajstić information content (AvgIpc) is 2.94. The molecule has 2 aromatic rings. The van der Waals surface area contributed by atoms with Crippen LogP contribution >= 0.6 is 11.6 Å². The number of hydrogen-bond acceptors (Lipinski definition) is 2. The molecule has 0 radical (unpaired) electrons. The van der Waals surface area contributed by atoms with E-state index >= 15 is 0 Å². The van der Waals surface area contributed by atoms with Gasteiger partial charge in [0.25, 0.3) is 0 Å². The van der Waals surface area contributed by atoms with E-state index in [1.54, 1.807) is 0 Å². The van der Waals surface area contributed by atoms with Crippen molar-refractivity contribution in [2.24, 2.45) is 0 Å². The van der Waals surface area contributed by atoms with E-state index in [4.69, 9.17) is 11.6 Å². The van der Waals surface area contributed by atoms with Crippen LogP contribution < -0.4 is 0 Å². The van der Waals surface area contributed by atoms with Crippen LogP contribution in [0.2, 0.25) is 5.02 Å². The second-order valence-electron chi connectivity index (χ2n) is 7.22. The molecule has 0 bridgehead atoms. The molecule has 1 unspecified atom stereocenters. The van der Waals surface area contributed by atoms with Crippen LogP contribution in [0.25, 0.3) is 5.57 Å². The molecule has 0 aliphatic heterocycles. The van der Waals surface area contributed by atoms with E-state index in [9.17, 15) is 9.59 Å². The maximum Gasteiger partial charge on any atom is 0.190 e. The highest BCUT2D eigenvalue weighted by Crippen LogP contribution is 2.52.